The van der Waals surface area contributed by atoms with Gasteiger partial charge in [-0.25, -0.2) is 0 Å². The first-order valence-corrected chi connectivity index (χ1v) is 9.22. The Morgan fingerprint density at radius 1 is 1.41 bits per heavy atom. The van der Waals surface area contributed by atoms with Crippen LogP contribution in [0.3, 0.4) is 0 Å². The number of benzene rings is 1. The Morgan fingerprint density at radius 3 is 2.77 bits per heavy atom. The number of hydrogen-bond donors (Lipinski definition) is 1. The van der Waals surface area contributed by atoms with Crippen molar-refractivity contribution in [3.05, 3.63) is 38.5 Å². The summed E-state index contributed by atoms with van der Waals surface area (Å²) < 4.78 is 6.77. The van der Waals surface area contributed by atoms with Gasteiger partial charge in [0.1, 0.15) is 0 Å². The average molecular weight is 434 g/mol. The lowest BCUT2D eigenvalue weighted by Gasteiger charge is -2.43. The number of halogens is 2. The van der Waals surface area contributed by atoms with Crippen LogP contribution in [-0.2, 0) is 11.2 Å². The van der Waals surface area contributed by atoms with Gasteiger partial charge in [0, 0.05) is 16.4 Å². The van der Waals surface area contributed by atoms with Crippen molar-refractivity contribution in [2.75, 3.05) is 19.0 Å². The topological polar surface area (TPSA) is 21.3 Å². The molecule has 0 aliphatic carbocycles. The van der Waals surface area contributed by atoms with Gasteiger partial charge in [-0.3, -0.25) is 0 Å². The molecule has 0 amide bonds. The number of alkyl halides is 1. The second-order valence-electron chi connectivity index (χ2n) is 6.47. The van der Waals surface area contributed by atoms with Crippen LogP contribution in [0.5, 0.6) is 0 Å². The summed E-state index contributed by atoms with van der Waals surface area (Å²) in [5, 5.41) is 3.73. The van der Waals surface area contributed by atoms with Crippen LogP contribution in [0, 0.1) is 3.57 Å². The fraction of sp³-hybridized carbons (Fsp3) is 0.556. The largest absolute Gasteiger partial charge is 0.382 e. The molecule has 1 aromatic rings. The Labute approximate surface area is 152 Å². The molecule has 0 saturated heterocycles. The molecular formula is C18H25ClINO. The lowest BCUT2D eigenvalue weighted by atomic mass is 9.81. The van der Waals surface area contributed by atoms with Gasteiger partial charge >= 0.3 is 0 Å². The SMILES string of the molecule is COC[C@@]1(CCC(C)=C(C)C)Nc2ccc(I)cc2C[C@H]1Cl. The highest BCUT2D eigenvalue weighted by Crippen LogP contribution is 2.38. The molecule has 0 bridgehead atoms. The van der Waals surface area contributed by atoms with E-state index in [9.17, 15) is 0 Å². The third kappa shape index (κ3) is 3.98. The Hall–Kier alpha value is -0.260. The summed E-state index contributed by atoms with van der Waals surface area (Å²) in [6, 6.07) is 6.52. The molecule has 2 nitrogen and oxygen atoms in total. The van der Waals surface area contributed by atoms with Crippen molar-refractivity contribution in [3.8, 4) is 0 Å². The summed E-state index contributed by atoms with van der Waals surface area (Å²) in [6.45, 7) is 7.17. The maximum absolute atomic E-state index is 6.80. The molecule has 0 unspecified atom stereocenters. The van der Waals surface area contributed by atoms with Gasteiger partial charge in [0.05, 0.1) is 17.5 Å². The number of allylic oxidation sites excluding steroid dienone is 2. The number of nitrogens with one attached hydrogen (secondary N) is 1. The van der Waals surface area contributed by atoms with E-state index >= 15 is 0 Å². The normalized spacial score (nSPS) is 23.6. The van der Waals surface area contributed by atoms with Crippen molar-refractivity contribution in [2.45, 2.75) is 50.9 Å². The van der Waals surface area contributed by atoms with E-state index in [0.717, 1.165) is 19.3 Å². The van der Waals surface area contributed by atoms with E-state index in [0.29, 0.717) is 6.61 Å². The molecule has 22 heavy (non-hydrogen) atoms. The predicted octanol–water partition coefficient (Wildman–Crippen LogP) is 5.39. The van der Waals surface area contributed by atoms with Gasteiger partial charge in [0.2, 0.25) is 0 Å². The smallest absolute Gasteiger partial charge is 0.0775 e. The average Bonchev–Trinajstić information content (AvgIpc) is 2.46. The highest BCUT2D eigenvalue weighted by Gasteiger charge is 2.41. The maximum Gasteiger partial charge on any atom is 0.0775 e. The van der Waals surface area contributed by atoms with Crippen LogP contribution in [0.25, 0.3) is 0 Å². The number of ether oxygens (including phenoxy) is 1. The molecule has 0 radical (unpaired) electrons. The molecule has 0 aromatic heterocycles. The van der Waals surface area contributed by atoms with E-state index in [-0.39, 0.29) is 10.9 Å². The molecule has 0 saturated carbocycles. The second-order valence-corrected chi connectivity index (χ2v) is 8.24. The second kappa shape index (κ2) is 7.54. The third-order valence-corrected chi connectivity index (χ3v) is 5.89. The fourth-order valence-electron chi connectivity index (χ4n) is 2.92. The Morgan fingerprint density at radius 2 is 2.14 bits per heavy atom. The summed E-state index contributed by atoms with van der Waals surface area (Å²) in [5.41, 5.74) is 5.13. The molecule has 1 aliphatic rings. The summed E-state index contributed by atoms with van der Waals surface area (Å²) in [7, 11) is 1.75. The molecule has 2 rings (SSSR count). The van der Waals surface area contributed by atoms with E-state index < -0.39 is 0 Å². The van der Waals surface area contributed by atoms with E-state index in [4.69, 9.17) is 16.3 Å². The maximum atomic E-state index is 6.80. The molecule has 2 atom stereocenters. The zero-order valence-corrected chi connectivity index (χ0v) is 16.7. The van der Waals surface area contributed by atoms with Crippen LogP contribution in [0.1, 0.15) is 39.2 Å². The summed E-state index contributed by atoms with van der Waals surface area (Å²) >= 11 is 9.15. The fourth-order valence-corrected chi connectivity index (χ4v) is 3.87. The zero-order chi connectivity index (χ0) is 16.3. The van der Waals surface area contributed by atoms with Crippen LogP contribution in [0.2, 0.25) is 0 Å². The summed E-state index contributed by atoms with van der Waals surface area (Å²) in [6.07, 6.45) is 2.91. The molecule has 1 heterocycles. The number of rotatable bonds is 5. The number of fused-ring (bicyclic) bond motifs is 1. The molecule has 4 heteroatoms. The van der Waals surface area contributed by atoms with Crippen molar-refractivity contribution in [3.63, 3.8) is 0 Å². The van der Waals surface area contributed by atoms with Gasteiger partial charge in [-0.1, -0.05) is 11.1 Å². The number of methoxy groups -OCH3 is 1. The van der Waals surface area contributed by atoms with Crippen LogP contribution in [0.15, 0.2) is 29.3 Å². The van der Waals surface area contributed by atoms with Crippen molar-refractivity contribution in [1.82, 2.24) is 0 Å². The minimum atomic E-state index is -0.202. The van der Waals surface area contributed by atoms with E-state index in [1.807, 2.05) is 0 Å². The van der Waals surface area contributed by atoms with Crippen LogP contribution >= 0.6 is 34.2 Å². The van der Waals surface area contributed by atoms with Crippen LogP contribution in [-0.4, -0.2) is 24.6 Å². The van der Waals surface area contributed by atoms with Crippen LogP contribution in [0.4, 0.5) is 5.69 Å². The standard InChI is InChI=1S/C18H25ClINO/c1-12(2)13(3)7-8-18(11-22-4)17(19)10-14-9-15(20)5-6-16(14)21-18/h5-6,9,17,21H,7-8,10-11H2,1-4H3/t17-,18-/m1/s1. The molecule has 1 N–H and O–H groups in total. The monoisotopic (exact) mass is 433 g/mol. The van der Waals surface area contributed by atoms with Crippen molar-refractivity contribution < 1.29 is 4.74 Å². The highest BCUT2D eigenvalue weighted by molar-refractivity contribution is 14.1. The molecule has 0 spiro atoms. The molecule has 122 valence electrons. The predicted molar refractivity (Wildman–Crippen MR) is 104 cm³/mol. The first-order chi connectivity index (χ1) is 10.4. The molecule has 1 aromatic carbocycles. The first-order valence-electron chi connectivity index (χ1n) is 7.70. The van der Waals surface area contributed by atoms with Gasteiger partial charge in [-0.15, -0.1) is 11.6 Å². The van der Waals surface area contributed by atoms with E-state index in [1.54, 1.807) is 7.11 Å². The number of anilines is 1. The summed E-state index contributed by atoms with van der Waals surface area (Å²) in [4.78, 5) is 0. The minimum Gasteiger partial charge on any atom is -0.382 e. The third-order valence-electron chi connectivity index (χ3n) is 4.65. The van der Waals surface area contributed by atoms with Gasteiger partial charge in [0.15, 0.2) is 0 Å². The van der Waals surface area contributed by atoms with E-state index in [1.165, 1.54) is 26.0 Å². The molecule has 1 aliphatic heterocycles. The Bertz CT molecular complexity index is 568. The minimum absolute atomic E-state index is 0.0307. The lowest BCUT2D eigenvalue weighted by Crippen LogP contribution is -2.54. The van der Waals surface area contributed by atoms with Crippen molar-refractivity contribution in [1.29, 1.82) is 0 Å². The van der Waals surface area contributed by atoms with Crippen molar-refractivity contribution >= 4 is 39.9 Å². The quantitative estimate of drug-likeness (QED) is 0.382. The highest BCUT2D eigenvalue weighted by atomic mass is 127. The zero-order valence-electron chi connectivity index (χ0n) is 13.8. The number of hydrogen-bond acceptors (Lipinski definition) is 2. The Kier molecular flexibility index (Phi) is 6.20. The van der Waals surface area contributed by atoms with Crippen LogP contribution < -0.4 is 5.32 Å². The van der Waals surface area contributed by atoms with Crippen molar-refractivity contribution in [2.24, 2.45) is 0 Å². The molecular weight excluding hydrogens is 409 g/mol. The summed E-state index contributed by atoms with van der Waals surface area (Å²) in [5.74, 6) is 0. The Balaban J connectivity index is 2.26. The van der Waals surface area contributed by atoms with Gasteiger partial charge in [-0.05, 0) is 86.4 Å². The van der Waals surface area contributed by atoms with Gasteiger partial charge < -0.3 is 10.1 Å². The van der Waals surface area contributed by atoms with E-state index in [2.05, 4.69) is 66.9 Å². The lowest BCUT2D eigenvalue weighted by molar-refractivity contribution is 0.132. The molecule has 0 fully saturated rings. The van der Waals surface area contributed by atoms with Gasteiger partial charge in [0.25, 0.3) is 0 Å². The van der Waals surface area contributed by atoms with Gasteiger partial charge in [-0.2, -0.15) is 0 Å². The first kappa shape index (κ1) is 18.1.